The van der Waals surface area contributed by atoms with Crippen LogP contribution >= 0.6 is 0 Å². The molecule has 0 aromatic heterocycles. The fraction of sp³-hybridized carbons (Fsp3) is 0.455. The Balaban J connectivity index is 3.02. The third kappa shape index (κ3) is 3.86. The zero-order valence-electron chi connectivity index (χ0n) is 10.6. The minimum atomic E-state index is -3.60. The monoisotopic (exact) mass is 273 g/mol. The van der Waals surface area contributed by atoms with Gasteiger partial charge in [0.25, 0.3) is 10.2 Å². The lowest BCUT2D eigenvalue weighted by molar-refractivity contribution is 0.416. The molecule has 18 heavy (non-hydrogen) atoms. The van der Waals surface area contributed by atoms with E-state index in [9.17, 15) is 8.42 Å². The molecule has 0 bridgehead atoms. The minimum Gasteiger partial charge on any atom is -0.495 e. The number of methoxy groups -OCH3 is 1. The lowest BCUT2D eigenvalue weighted by Gasteiger charge is -2.15. The maximum absolute atomic E-state index is 11.8. The molecule has 102 valence electrons. The average Bonchev–Trinajstić information content (AvgIpc) is 2.36. The van der Waals surface area contributed by atoms with Gasteiger partial charge in [0.15, 0.2) is 0 Å². The Hall–Kier alpha value is -1.31. The number of ether oxygens (including phenoxy) is 1. The van der Waals surface area contributed by atoms with Crippen molar-refractivity contribution in [3.8, 4) is 5.75 Å². The molecule has 0 atom stereocenters. The number of anilines is 1. The maximum atomic E-state index is 11.8. The van der Waals surface area contributed by atoms with Crippen molar-refractivity contribution in [2.24, 2.45) is 5.73 Å². The van der Waals surface area contributed by atoms with Crippen molar-refractivity contribution < 1.29 is 13.2 Å². The summed E-state index contributed by atoms with van der Waals surface area (Å²) < 4.78 is 33.6. The van der Waals surface area contributed by atoms with E-state index >= 15 is 0 Å². The summed E-state index contributed by atoms with van der Waals surface area (Å²) in [5, 5.41) is 0. The number of para-hydroxylation sites is 1. The molecule has 0 saturated heterocycles. The van der Waals surface area contributed by atoms with E-state index in [0.717, 1.165) is 6.42 Å². The molecule has 0 radical (unpaired) electrons. The van der Waals surface area contributed by atoms with Gasteiger partial charge in [-0.15, -0.1) is 0 Å². The molecule has 7 heteroatoms. The molecule has 0 heterocycles. The van der Waals surface area contributed by atoms with Crippen molar-refractivity contribution in [1.82, 2.24) is 4.72 Å². The molecular weight excluding hydrogens is 254 g/mol. The molecule has 0 amide bonds. The van der Waals surface area contributed by atoms with Gasteiger partial charge in [0.2, 0.25) is 0 Å². The predicted molar refractivity (Wildman–Crippen MR) is 71.7 cm³/mol. The minimum absolute atomic E-state index is 0.225. The molecule has 0 aliphatic heterocycles. The second kappa shape index (κ2) is 6.58. The van der Waals surface area contributed by atoms with Crippen LogP contribution in [0.15, 0.2) is 18.2 Å². The first-order chi connectivity index (χ1) is 8.54. The number of benzene rings is 1. The van der Waals surface area contributed by atoms with Crippen LogP contribution < -0.4 is 19.9 Å². The Kier molecular flexibility index (Phi) is 5.39. The quantitative estimate of drug-likeness (QED) is 0.685. The topological polar surface area (TPSA) is 93.5 Å². The van der Waals surface area contributed by atoms with Crippen molar-refractivity contribution in [1.29, 1.82) is 0 Å². The summed E-state index contributed by atoms with van der Waals surface area (Å²) in [6.45, 7) is 2.49. The third-order valence-corrected chi connectivity index (χ3v) is 3.39. The van der Waals surface area contributed by atoms with Crippen LogP contribution in [0.5, 0.6) is 5.75 Å². The summed E-state index contributed by atoms with van der Waals surface area (Å²) in [5.41, 5.74) is 6.64. The van der Waals surface area contributed by atoms with Crippen LogP contribution in [-0.2, 0) is 16.8 Å². The fourth-order valence-electron chi connectivity index (χ4n) is 1.44. The standard InChI is InChI=1S/C11H19N3O3S/c1-3-7-13-18(15,16)14-11-9(8-12)5-4-6-10(11)17-2/h4-6,13-14H,3,7-8,12H2,1-2H3. The van der Waals surface area contributed by atoms with Gasteiger partial charge in [0.05, 0.1) is 12.8 Å². The SMILES string of the molecule is CCCNS(=O)(=O)Nc1c(CN)cccc1OC. The van der Waals surface area contributed by atoms with E-state index in [1.54, 1.807) is 18.2 Å². The highest BCUT2D eigenvalue weighted by Crippen LogP contribution is 2.28. The van der Waals surface area contributed by atoms with Crippen molar-refractivity contribution >= 4 is 15.9 Å². The van der Waals surface area contributed by atoms with E-state index in [-0.39, 0.29) is 6.54 Å². The van der Waals surface area contributed by atoms with Crippen molar-refractivity contribution in [3.63, 3.8) is 0 Å². The molecule has 1 aromatic rings. The molecule has 0 fully saturated rings. The summed E-state index contributed by atoms with van der Waals surface area (Å²) in [6.07, 6.45) is 0.719. The van der Waals surface area contributed by atoms with E-state index in [1.165, 1.54) is 7.11 Å². The van der Waals surface area contributed by atoms with Gasteiger partial charge < -0.3 is 10.5 Å². The van der Waals surface area contributed by atoms with E-state index in [2.05, 4.69) is 9.44 Å². The lowest BCUT2D eigenvalue weighted by atomic mass is 10.1. The van der Waals surface area contributed by atoms with Gasteiger partial charge in [-0.1, -0.05) is 19.1 Å². The predicted octanol–water partition coefficient (Wildman–Crippen LogP) is 0.810. The molecule has 4 N–H and O–H groups in total. The molecule has 0 aliphatic rings. The van der Waals surface area contributed by atoms with Crippen LogP contribution in [-0.4, -0.2) is 22.1 Å². The van der Waals surface area contributed by atoms with Gasteiger partial charge in [-0.3, -0.25) is 4.72 Å². The Bertz CT molecular complexity index is 466. The second-order valence-corrected chi connectivity index (χ2v) is 5.20. The number of nitrogens with two attached hydrogens (primary N) is 1. The second-order valence-electron chi connectivity index (χ2n) is 3.70. The molecule has 1 aromatic carbocycles. The van der Waals surface area contributed by atoms with Gasteiger partial charge >= 0.3 is 0 Å². The summed E-state index contributed by atoms with van der Waals surface area (Å²) in [5.74, 6) is 0.444. The molecule has 1 rings (SSSR count). The van der Waals surface area contributed by atoms with Gasteiger partial charge in [0.1, 0.15) is 5.75 Å². The Labute approximate surface area is 108 Å². The summed E-state index contributed by atoms with van der Waals surface area (Å²) in [6, 6.07) is 5.19. The Morgan fingerprint density at radius 2 is 2.11 bits per heavy atom. The fourth-order valence-corrected chi connectivity index (χ4v) is 2.48. The van der Waals surface area contributed by atoms with Crippen LogP contribution in [0.3, 0.4) is 0 Å². The number of nitrogens with one attached hydrogen (secondary N) is 2. The normalized spacial score (nSPS) is 11.3. The lowest BCUT2D eigenvalue weighted by Crippen LogP contribution is -2.31. The Morgan fingerprint density at radius 3 is 2.67 bits per heavy atom. The zero-order chi connectivity index (χ0) is 13.6. The summed E-state index contributed by atoms with van der Waals surface area (Å²) in [4.78, 5) is 0. The Morgan fingerprint density at radius 1 is 1.39 bits per heavy atom. The summed E-state index contributed by atoms with van der Waals surface area (Å²) >= 11 is 0. The highest BCUT2D eigenvalue weighted by molar-refractivity contribution is 7.90. The van der Waals surface area contributed by atoms with Gasteiger partial charge in [-0.2, -0.15) is 13.1 Å². The highest BCUT2D eigenvalue weighted by atomic mass is 32.2. The van der Waals surface area contributed by atoms with Gasteiger partial charge in [-0.25, -0.2) is 0 Å². The first-order valence-electron chi connectivity index (χ1n) is 5.67. The van der Waals surface area contributed by atoms with Crippen LogP contribution in [0.2, 0.25) is 0 Å². The van der Waals surface area contributed by atoms with Crippen LogP contribution in [0.1, 0.15) is 18.9 Å². The zero-order valence-corrected chi connectivity index (χ0v) is 11.4. The maximum Gasteiger partial charge on any atom is 0.299 e. The van der Waals surface area contributed by atoms with Crippen molar-refractivity contribution in [3.05, 3.63) is 23.8 Å². The number of hydrogen-bond acceptors (Lipinski definition) is 4. The smallest absolute Gasteiger partial charge is 0.299 e. The van der Waals surface area contributed by atoms with Crippen molar-refractivity contribution in [2.75, 3.05) is 18.4 Å². The molecule has 0 saturated carbocycles. The van der Waals surface area contributed by atoms with E-state index in [4.69, 9.17) is 10.5 Å². The highest BCUT2D eigenvalue weighted by Gasteiger charge is 2.15. The van der Waals surface area contributed by atoms with E-state index in [0.29, 0.717) is 23.5 Å². The average molecular weight is 273 g/mol. The molecule has 6 nitrogen and oxygen atoms in total. The van der Waals surface area contributed by atoms with Crippen molar-refractivity contribution in [2.45, 2.75) is 19.9 Å². The molecule has 0 unspecified atom stereocenters. The summed E-state index contributed by atoms with van der Waals surface area (Å²) in [7, 11) is -2.12. The first kappa shape index (κ1) is 14.7. The van der Waals surface area contributed by atoms with E-state index < -0.39 is 10.2 Å². The van der Waals surface area contributed by atoms with Crippen LogP contribution in [0.4, 0.5) is 5.69 Å². The third-order valence-electron chi connectivity index (χ3n) is 2.33. The number of rotatable bonds is 7. The first-order valence-corrected chi connectivity index (χ1v) is 7.15. The van der Waals surface area contributed by atoms with Gasteiger partial charge in [-0.05, 0) is 18.1 Å². The largest absolute Gasteiger partial charge is 0.495 e. The molecular formula is C11H19N3O3S. The number of hydrogen-bond donors (Lipinski definition) is 3. The van der Waals surface area contributed by atoms with Gasteiger partial charge in [0, 0.05) is 13.1 Å². The van der Waals surface area contributed by atoms with E-state index in [1.807, 2.05) is 6.92 Å². The van der Waals surface area contributed by atoms with Crippen LogP contribution in [0, 0.1) is 0 Å². The van der Waals surface area contributed by atoms with Crippen LogP contribution in [0.25, 0.3) is 0 Å². The molecule has 0 aliphatic carbocycles. The molecule has 0 spiro atoms.